The van der Waals surface area contributed by atoms with E-state index in [1.807, 2.05) is 30.0 Å². The lowest BCUT2D eigenvalue weighted by molar-refractivity contribution is 0.514. The number of aromatic nitrogens is 3. The van der Waals surface area contributed by atoms with Crippen LogP contribution in [0.15, 0.2) is 12.3 Å². The van der Waals surface area contributed by atoms with Crippen LogP contribution < -0.4 is 5.73 Å². The number of nitrogens with two attached hydrogens (primary N) is 1. The van der Waals surface area contributed by atoms with Crippen LogP contribution in [0, 0.1) is 0 Å². The Morgan fingerprint density at radius 1 is 1.46 bits per heavy atom. The Hall–Kier alpha value is -1.16. The van der Waals surface area contributed by atoms with Gasteiger partial charge in [0.2, 0.25) is 0 Å². The number of rotatable bonds is 3. The standard InChI is InChI=1S/C9H16N4/c1-7(2)13-6-9(11-12-13)5-4-8(3)10/h4-8H,10H2,1-3H3/b5-4+. The molecule has 1 rings (SSSR count). The molecule has 0 aliphatic heterocycles. The van der Waals surface area contributed by atoms with Crippen LogP contribution in [0.4, 0.5) is 0 Å². The molecule has 0 amide bonds. The van der Waals surface area contributed by atoms with Crippen molar-refractivity contribution in [3.63, 3.8) is 0 Å². The summed E-state index contributed by atoms with van der Waals surface area (Å²) in [5.74, 6) is 0. The molecule has 0 spiro atoms. The molecule has 0 aliphatic rings. The lowest BCUT2D eigenvalue weighted by atomic mass is 10.3. The molecular formula is C9H16N4. The van der Waals surface area contributed by atoms with Gasteiger partial charge < -0.3 is 5.73 Å². The minimum Gasteiger partial charge on any atom is -0.325 e. The van der Waals surface area contributed by atoms with Crippen molar-refractivity contribution in [2.75, 3.05) is 0 Å². The van der Waals surface area contributed by atoms with E-state index in [0.717, 1.165) is 5.69 Å². The number of nitrogens with zero attached hydrogens (tertiary/aromatic N) is 3. The zero-order valence-electron chi connectivity index (χ0n) is 8.31. The van der Waals surface area contributed by atoms with E-state index in [0.29, 0.717) is 6.04 Å². The van der Waals surface area contributed by atoms with Gasteiger partial charge in [0.05, 0.1) is 6.20 Å². The Labute approximate surface area is 78.4 Å². The molecule has 0 fully saturated rings. The average Bonchev–Trinajstić information content (AvgIpc) is 2.48. The van der Waals surface area contributed by atoms with Gasteiger partial charge in [0.25, 0.3) is 0 Å². The molecule has 0 radical (unpaired) electrons. The van der Waals surface area contributed by atoms with E-state index in [9.17, 15) is 0 Å². The first-order valence-electron chi connectivity index (χ1n) is 4.45. The summed E-state index contributed by atoms with van der Waals surface area (Å²) in [7, 11) is 0. The maximum Gasteiger partial charge on any atom is 0.105 e. The average molecular weight is 180 g/mol. The summed E-state index contributed by atoms with van der Waals surface area (Å²) >= 11 is 0. The van der Waals surface area contributed by atoms with Crippen molar-refractivity contribution in [3.8, 4) is 0 Å². The molecule has 0 aromatic carbocycles. The van der Waals surface area contributed by atoms with Crippen LogP contribution >= 0.6 is 0 Å². The first-order valence-corrected chi connectivity index (χ1v) is 4.45. The molecule has 0 saturated carbocycles. The third-order valence-corrected chi connectivity index (χ3v) is 1.63. The lowest BCUT2D eigenvalue weighted by Crippen LogP contribution is -2.09. The molecule has 1 atom stereocenters. The fourth-order valence-corrected chi connectivity index (χ4v) is 0.870. The SMILES string of the molecule is CC(N)/C=C/c1cn(C(C)C)nn1. The van der Waals surface area contributed by atoms with Gasteiger partial charge in [-0.05, 0) is 26.8 Å². The van der Waals surface area contributed by atoms with Crippen molar-refractivity contribution in [2.45, 2.75) is 32.9 Å². The smallest absolute Gasteiger partial charge is 0.105 e. The van der Waals surface area contributed by atoms with E-state index in [4.69, 9.17) is 5.73 Å². The monoisotopic (exact) mass is 180 g/mol. The van der Waals surface area contributed by atoms with Crippen molar-refractivity contribution in [3.05, 3.63) is 18.0 Å². The van der Waals surface area contributed by atoms with Crippen molar-refractivity contribution < 1.29 is 0 Å². The van der Waals surface area contributed by atoms with Gasteiger partial charge in [0.15, 0.2) is 0 Å². The maximum absolute atomic E-state index is 5.57. The third-order valence-electron chi connectivity index (χ3n) is 1.63. The second kappa shape index (κ2) is 4.18. The first-order chi connectivity index (χ1) is 6.09. The fraction of sp³-hybridized carbons (Fsp3) is 0.556. The van der Waals surface area contributed by atoms with Gasteiger partial charge in [0, 0.05) is 12.1 Å². The summed E-state index contributed by atoms with van der Waals surface area (Å²) in [6, 6.07) is 0.411. The van der Waals surface area contributed by atoms with Crippen LogP contribution in [-0.4, -0.2) is 21.0 Å². The summed E-state index contributed by atoms with van der Waals surface area (Å²) in [6.45, 7) is 6.05. The summed E-state index contributed by atoms with van der Waals surface area (Å²) in [5, 5.41) is 7.95. The highest BCUT2D eigenvalue weighted by Crippen LogP contribution is 2.03. The highest BCUT2D eigenvalue weighted by molar-refractivity contribution is 5.43. The van der Waals surface area contributed by atoms with Gasteiger partial charge in [-0.2, -0.15) is 0 Å². The van der Waals surface area contributed by atoms with Crippen molar-refractivity contribution in [2.24, 2.45) is 5.73 Å². The molecule has 1 aromatic heterocycles. The third kappa shape index (κ3) is 2.99. The topological polar surface area (TPSA) is 56.7 Å². The Morgan fingerprint density at radius 2 is 2.15 bits per heavy atom. The summed E-state index contributed by atoms with van der Waals surface area (Å²) < 4.78 is 1.82. The van der Waals surface area contributed by atoms with Crippen LogP contribution in [0.5, 0.6) is 0 Å². The van der Waals surface area contributed by atoms with E-state index in [2.05, 4.69) is 24.2 Å². The fourth-order valence-electron chi connectivity index (χ4n) is 0.870. The summed E-state index contributed by atoms with van der Waals surface area (Å²) in [6.07, 6.45) is 5.69. The predicted molar refractivity (Wildman–Crippen MR) is 53.1 cm³/mol. The van der Waals surface area contributed by atoms with Crippen molar-refractivity contribution in [1.82, 2.24) is 15.0 Å². The Balaban J connectivity index is 2.69. The molecule has 1 unspecified atom stereocenters. The van der Waals surface area contributed by atoms with E-state index >= 15 is 0 Å². The second-order valence-corrected chi connectivity index (χ2v) is 3.44. The largest absolute Gasteiger partial charge is 0.325 e. The van der Waals surface area contributed by atoms with Gasteiger partial charge in [-0.3, -0.25) is 0 Å². The van der Waals surface area contributed by atoms with Crippen LogP contribution in [-0.2, 0) is 0 Å². The lowest BCUT2D eigenvalue weighted by Gasteiger charge is -2.00. The van der Waals surface area contributed by atoms with Crippen LogP contribution in [0.3, 0.4) is 0 Å². The molecule has 4 heteroatoms. The Morgan fingerprint density at radius 3 is 2.62 bits per heavy atom. The van der Waals surface area contributed by atoms with E-state index in [-0.39, 0.29) is 6.04 Å². The van der Waals surface area contributed by atoms with E-state index in [1.165, 1.54) is 0 Å². The quantitative estimate of drug-likeness (QED) is 0.760. The predicted octanol–water partition coefficient (Wildman–Crippen LogP) is 1.22. The molecule has 4 nitrogen and oxygen atoms in total. The molecule has 1 aromatic rings. The van der Waals surface area contributed by atoms with Crippen LogP contribution in [0.25, 0.3) is 6.08 Å². The minimum absolute atomic E-state index is 0.0594. The number of hydrogen-bond donors (Lipinski definition) is 1. The minimum atomic E-state index is 0.0594. The second-order valence-electron chi connectivity index (χ2n) is 3.44. The summed E-state index contributed by atoms with van der Waals surface area (Å²) in [5.41, 5.74) is 6.42. The maximum atomic E-state index is 5.57. The van der Waals surface area contributed by atoms with Gasteiger partial charge in [-0.15, -0.1) is 5.10 Å². The molecular weight excluding hydrogens is 164 g/mol. The van der Waals surface area contributed by atoms with Crippen LogP contribution in [0.1, 0.15) is 32.5 Å². The van der Waals surface area contributed by atoms with E-state index < -0.39 is 0 Å². The Kier molecular flexibility index (Phi) is 3.19. The summed E-state index contributed by atoms with van der Waals surface area (Å²) in [4.78, 5) is 0. The highest BCUT2D eigenvalue weighted by atomic mass is 15.4. The molecule has 2 N–H and O–H groups in total. The number of hydrogen-bond acceptors (Lipinski definition) is 3. The van der Waals surface area contributed by atoms with Crippen LogP contribution in [0.2, 0.25) is 0 Å². The zero-order valence-corrected chi connectivity index (χ0v) is 8.31. The molecule has 72 valence electrons. The molecule has 0 aliphatic carbocycles. The van der Waals surface area contributed by atoms with Gasteiger partial charge in [0.1, 0.15) is 5.69 Å². The molecule has 13 heavy (non-hydrogen) atoms. The van der Waals surface area contributed by atoms with Gasteiger partial charge in [-0.1, -0.05) is 11.3 Å². The molecule has 0 bridgehead atoms. The van der Waals surface area contributed by atoms with Crippen molar-refractivity contribution in [1.29, 1.82) is 0 Å². The first kappa shape index (κ1) is 9.92. The van der Waals surface area contributed by atoms with Gasteiger partial charge in [-0.25, -0.2) is 4.68 Å². The van der Waals surface area contributed by atoms with Gasteiger partial charge >= 0.3 is 0 Å². The molecule has 0 saturated heterocycles. The zero-order chi connectivity index (χ0) is 9.84. The van der Waals surface area contributed by atoms with E-state index in [1.54, 1.807) is 0 Å². The highest BCUT2D eigenvalue weighted by Gasteiger charge is 1.99. The normalized spacial score (nSPS) is 14.2. The van der Waals surface area contributed by atoms with Crippen molar-refractivity contribution >= 4 is 6.08 Å². The molecule has 1 heterocycles. The Bertz CT molecular complexity index is 286.